The molecule has 0 N–H and O–H groups in total. The zero-order chi connectivity index (χ0) is 12.5. The van der Waals surface area contributed by atoms with Gasteiger partial charge in [0.15, 0.2) is 0 Å². The highest BCUT2D eigenvalue weighted by atomic mass is 16.5. The molecule has 1 aliphatic heterocycles. The largest absolute Gasteiger partial charge is 0.465 e. The number of cyclic esters (lactones) is 1. The summed E-state index contributed by atoms with van der Waals surface area (Å²) in [5.41, 5.74) is 0. The van der Waals surface area contributed by atoms with Gasteiger partial charge >= 0.3 is 5.97 Å². The van der Waals surface area contributed by atoms with E-state index >= 15 is 0 Å². The van der Waals surface area contributed by atoms with Gasteiger partial charge in [-0.05, 0) is 33.5 Å². The van der Waals surface area contributed by atoms with Gasteiger partial charge in [-0.25, -0.2) is 0 Å². The molecule has 1 saturated heterocycles. The molecule has 1 unspecified atom stereocenters. The number of rotatable bonds is 9. The Morgan fingerprint density at radius 3 is 2.35 bits per heavy atom. The first-order valence-corrected chi connectivity index (χ1v) is 6.99. The molecule has 0 aromatic rings. The third-order valence-corrected chi connectivity index (χ3v) is 3.40. The quantitative estimate of drug-likeness (QED) is 0.459. The van der Waals surface area contributed by atoms with Crippen molar-refractivity contribution in [2.24, 2.45) is 5.92 Å². The third-order valence-electron chi connectivity index (χ3n) is 3.40. The predicted molar refractivity (Wildman–Crippen MR) is 69.9 cm³/mol. The van der Waals surface area contributed by atoms with E-state index in [1.165, 1.54) is 51.5 Å². The van der Waals surface area contributed by atoms with Crippen molar-refractivity contribution in [3.05, 3.63) is 0 Å². The molecule has 3 nitrogen and oxygen atoms in total. The SMILES string of the molecule is CN(C)CCCCCCCCC1COC(=O)C1. The topological polar surface area (TPSA) is 29.5 Å². The second kappa shape index (κ2) is 8.51. The van der Waals surface area contributed by atoms with Gasteiger partial charge < -0.3 is 9.64 Å². The van der Waals surface area contributed by atoms with Gasteiger partial charge in [-0.2, -0.15) is 0 Å². The van der Waals surface area contributed by atoms with Crippen LogP contribution in [0.5, 0.6) is 0 Å². The maximum Gasteiger partial charge on any atom is 0.306 e. The number of hydrogen-bond donors (Lipinski definition) is 0. The Bertz CT molecular complexity index is 216. The van der Waals surface area contributed by atoms with E-state index in [1.807, 2.05) is 0 Å². The average molecular weight is 241 g/mol. The summed E-state index contributed by atoms with van der Waals surface area (Å²) in [6, 6.07) is 0. The van der Waals surface area contributed by atoms with Gasteiger partial charge in [-0.1, -0.05) is 32.1 Å². The van der Waals surface area contributed by atoms with Gasteiger partial charge in [0.25, 0.3) is 0 Å². The van der Waals surface area contributed by atoms with E-state index in [0.717, 1.165) is 0 Å². The van der Waals surface area contributed by atoms with Gasteiger partial charge in [-0.15, -0.1) is 0 Å². The molecule has 17 heavy (non-hydrogen) atoms. The van der Waals surface area contributed by atoms with Crippen LogP contribution in [0, 0.1) is 5.92 Å². The van der Waals surface area contributed by atoms with Crippen LogP contribution in [0.1, 0.15) is 51.4 Å². The molecule has 0 amide bonds. The zero-order valence-electron chi connectivity index (χ0n) is 11.4. The van der Waals surface area contributed by atoms with Crippen LogP contribution in [-0.4, -0.2) is 38.1 Å². The fourth-order valence-electron chi connectivity index (χ4n) is 2.32. The number of carbonyl (C=O) groups excluding carboxylic acids is 1. The monoisotopic (exact) mass is 241 g/mol. The fraction of sp³-hybridized carbons (Fsp3) is 0.929. The van der Waals surface area contributed by atoms with Crippen molar-refractivity contribution in [3.63, 3.8) is 0 Å². The van der Waals surface area contributed by atoms with Gasteiger partial charge in [0.05, 0.1) is 13.0 Å². The lowest BCUT2D eigenvalue weighted by Crippen LogP contribution is -2.12. The summed E-state index contributed by atoms with van der Waals surface area (Å²) in [7, 11) is 4.26. The molecule has 0 aromatic heterocycles. The molecule has 1 aliphatic rings. The number of carbonyl (C=O) groups is 1. The van der Waals surface area contributed by atoms with Crippen LogP contribution in [-0.2, 0) is 9.53 Å². The highest BCUT2D eigenvalue weighted by Gasteiger charge is 2.22. The van der Waals surface area contributed by atoms with Crippen molar-refractivity contribution < 1.29 is 9.53 Å². The lowest BCUT2D eigenvalue weighted by molar-refractivity contribution is -0.137. The van der Waals surface area contributed by atoms with Crippen LogP contribution in [0.4, 0.5) is 0 Å². The van der Waals surface area contributed by atoms with Gasteiger partial charge in [-0.3, -0.25) is 4.79 Å². The molecular weight excluding hydrogens is 214 g/mol. The summed E-state index contributed by atoms with van der Waals surface area (Å²) >= 11 is 0. The molecule has 1 fully saturated rings. The van der Waals surface area contributed by atoms with E-state index in [-0.39, 0.29) is 5.97 Å². The summed E-state index contributed by atoms with van der Waals surface area (Å²) in [5.74, 6) is 0.509. The molecule has 3 heteroatoms. The molecule has 1 rings (SSSR count). The Balaban J connectivity index is 1.80. The number of ether oxygens (including phenoxy) is 1. The number of esters is 1. The predicted octanol–water partition coefficient (Wildman–Crippen LogP) is 2.84. The fourth-order valence-corrected chi connectivity index (χ4v) is 2.32. The Morgan fingerprint density at radius 2 is 1.76 bits per heavy atom. The highest BCUT2D eigenvalue weighted by Crippen LogP contribution is 2.20. The second-order valence-electron chi connectivity index (χ2n) is 5.47. The number of nitrogens with zero attached hydrogens (tertiary/aromatic N) is 1. The summed E-state index contributed by atoms with van der Waals surface area (Å²) in [4.78, 5) is 13.1. The van der Waals surface area contributed by atoms with Crippen LogP contribution < -0.4 is 0 Å². The van der Waals surface area contributed by atoms with Crippen molar-refractivity contribution in [2.75, 3.05) is 27.2 Å². The zero-order valence-corrected chi connectivity index (χ0v) is 11.4. The Kier molecular flexibility index (Phi) is 7.25. The highest BCUT2D eigenvalue weighted by molar-refractivity contribution is 5.71. The molecule has 1 atom stereocenters. The molecule has 100 valence electrons. The van der Waals surface area contributed by atoms with Gasteiger partial charge in [0.2, 0.25) is 0 Å². The third kappa shape index (κ3) is 7.37. The Hall–Kier alpha value is -0.570. The maximum absolute atomic E-state index is 10.9. The Labute approximate surface area is 106 Å². The molecule has 0 radical (unpaired) electrons. The lowest BCUT2D eigenvalue weighted by atomic mass is 9.99. The van der Waals surface area contributed by atoms with Crippen LogP contribution in [0.3, 0.4) is 0 Å². The van der Waals surface area contributed by atoms with E-state index in [0.29, 0.717) is 18.9 Å². The smallest absolute Gasteiger partial charge is 0.306 e. The molecule has 1 heterocycles. The van der Waals surface area contributed by atoms with Crippen LogP contribution >= 0.6 is 0 Å². The summed E-state index contributed by atoms with van der Waals surface area (Å²) < 4.78 is 4.95. The van der Waals surface area contributed by atoms with Crippen LogP contribution in [0.15, 0.2) is 0 Å². The van der Waals surface area contributed by atoms with Crippen molar-refractivity contribution in [1.82, 2.24) is 4.90 Å². The van der Waals surface area contributed by atoms with Crippen molar-refractivity contribution in [1.29, 1.82) is 0 Å². The summed E-state index contributed by atoms with van der Waals surface area (Å²) in [6.45, 7) is 1.88. The van der Waals surface area contributed by atoms with E-state index in [4.69, 9.17) is 4.74 Å². The van der Waals surface area contributed by atoms with E-state index in [9.17, 15) is 4.79 Å². The first kappa shape index (κ1) is 14.5. The minimum Gasteiger partial charge on any atom is -0.465 e. The second-order valence-corrected chi connectivity index (χ2v) is 5.47. The summed E-state index contributed by atoms with van der Waals surface area (Å²) in [5, 5.41) is 0. The Morgan fingerprint density at radius 1 is 1.12 bits per heavy atom. The van der Waals surface area contributed by atoms with E-state index < -0.39 is 0 Å². The molecule has 0 saturated carbocycles. The van der Waals surface area contributed by atoms with Crippen molar-refractivity contribution in [2.45, 2.75) is 51.4 Å². The van der Waals surface area contributed by atoms with Gasteiger partial charge in [0.1, 0.15) is 0 Å². The minimum atomic E-state index is -0.00122. The van der Waals surface area contributed by atoms with Crippen LogP contribution in [0.25, 0.3) is 0 Å². The molecular formula is C14H27NO2. The first-order valence-electron chi connectivity index (χ1n) is 6.99. The van der Waals surface area contributed by atoms with Crippen LogP contribution in [0.2, 0.25) is 0 Å². The number of unbranched alkanes of at least 4 members (excludes halogenated alkanes) is 5. The minimum absolute atomic E-state index is 0.00122. The summed E-state index contributed by atoms with van der Waals surface area (Å²) in [6.07, 6.45) is 9.76. The molecule has 0 spiro atoms. The average Bonchev–Trinajstić information content (AvgIpc) is 2.68. The number of hydrogen-bond acceptors (Lipinski definition) is 3. The first-order chi connectivity index (χ1) is 8.18. The molecule has 0 aliphatic carbocycles. The van der Waals surface area contributed by atoms with E-state index in [1.54, 1.807) is 0 Å². The van der Waals surface area contributed by atoms with Crippen molar-refractivity contribution in [3.8, 4) is 0 Å². The standard InChI is InChI=1S/C14H27NO2/c1-15(2)10-8-6-4-3-5-7-9-13-11-14(16)17-12-13/h13H,3-12H2,1-2H3. The van der Waals surface area contributed by atoms with E-state index in [2.05, 4.69) is 19.0 Å². The van der Waals surface area contributed by atoms with Gasteiger partial charge in [0, 0.05) is 5.92 Å². The molecule has 0 bridgehead atoms. The molecule has 0 aromatic carbocycles. The lowest BCUT2D eigenvalue weighted by Gasteiger charge is -2.09. The van der Waals surface area contributed by atoms with Crippen molar-refractivity contribution >= 4 is 5.97 Å². The normalized spacial score (nSPS) is 19.9. The maximum atomic E-state index is 10.9.